The number of benzene rings is 1. The Morgan fingerprint density at radius 1 is 1.53 bits per heavy atom. The van der Waals surface area contributed by atoms with Crippen LogP contribution in [0.25, 0.3) is 0 Å². The first-order valence-corrected chi connectivity index (χ1v) is 4.62. The quantitative estimate of drug-likeness (QED) is 0.768. The molecule has 4 heteroatoms. The summed E-state index contributed by atoms with van der Waals surface area (Å²) >= 11 is 0. The van der Waals surface area contributed by atoms with E-state index in [1.165, 1.54) is 13.2 Å². The van der Waals surface area contributed by atoms with Crippen molar-refractivity contribution in [2.24, 2.45) is 0 Å². The summed E-state index contributed by atoms with van der Waals surface area (Å²) in [5.74, 6) is -0.758. The summed E-state index contributed by atoms with van der Waals surface area (Å²) in [6, 6.07) is 4.48. The maximum absolute atomic E-state index is 13.3. The molecule has 0 saturated carbocycles. The number of aliphatic hydroxyl groups excluding tert-OH is 1. The smallest absolute Gasteiger partial charge is 0.305 e. The molecule has 0 radical (unpaired) electrons. The van der Waals surface area contributed by atoms with E-state index in [4.69, 9.17) is 5.11 Å². The molecule has 0 spiro atoms. The van der Waals surface area contributed by atoms with E-state index in [1.807, 2.05) is 0 Å². The zero-order chi connectivity index (χ0) is 11.3. The number of esters is 1. The second-order valence-corrected chi connectivity index (χ2v) is 3.16. The fourth-order valence-corrected chi connectivity index (χ4v) is 1.23. The lowest BCUT2D eigenvalue weighted by molar-refractivity contribution is -0.140. The molecule has 0 aromatic heterocycles. The monoisotopic (exact) mass is 212 g/mol. The average molecular weight is 212 g/mol. The largest absolute Gasteiger partial charge is 0.469 e. The molecule has 0 amide bonds. The zero-order valence-electron chi connectivity index (χ0n) is 8.50. The molecule has 3 nitrogen and oxygen atoms in total. The molecule has 15 heavy (non-hydrogen) atoms. The summed E-state index contributed by atoms with van der Waals surface area (Å²) in [5, 5.41) is 8.77. The molecule has 1 aromatic rings. The van der Waals surface area contributed by atoms with Gasteiger partial charge in [-0.1, -0.05) is 12.1 Å². The number of carbonyl (C=O) groups excluding carboxylic acids is 1. The van der Waals surface area contributed by atoms with Crippen molar-refractivity contribution in [3.05, 3.63) is 35.1 Å². The highest BCUT2D eigenvalue weighted by atomic mass is 19.1. The van der Waals surface area contributed by atoms with Crippen LogP contribution in [0, 0.1) is 5.82 Å². The minimum Gasteiger partial charge on any atom is -0.469 e. The van der Waals surface area contributed by atoms with Gasteiger partial charge in [0.2, 0.25) is 0 Å². The number of aliphatic hydroxyl groups is 1. The Kier molecular flexibility index (Phi) is 4.24. The molecule has 0 heterocycles. The van der Waals surface area contributed by atoms with Crippen molar-refractivity contribution < 1.29 is 19.0 Å². The van der Waals surface area contributed by atoms with Gasteiger partial charge in [-0.3, -0.25) is 4.79 Å². The van der Waals surface area contributed by atoms with E-state index in [-0.39, 0.29) is 19.0 Å². The number of methoxy groups -OCH3 is 1. The van der Waals surface area contributed by atoms with Gasteiger partial charge in [-0.05, 0) is 23.6 Å². The van der Waals surface area contributed by atoms with Gasteiger partial charge in [0, 0.05) is 6.42 Å². The maximum Gasteiger partial charge on any atom is 0.305 e. The van der Waals surface area contributed by atoms with Crippen molar-refractivity contribution in [2.45, 2.75) is 19.4 Å². The topological polar surface area (TPSA) is 46.5 Å². The van der Waals surface area contributed by atoms with Crippen molar-refractivity contribution in [1.29, 1.82) is 0 Å². The van der Waals surface area contributed by atoms with E-state index >= 15 is 0 Å². The number of aryl methyl sites for hydroxylation is 1. The Labute approximate surface area is 87.5 Å². The van der Waals surface area contributed by atoms with Crippen LogP contribution in [-0.4, -0.2) is 18.2 Å². The highest BCUT2D eigenvalue weighted by molar-refractivity contribution is 5.69. The van der Waals surface area contributed by atoms with Crippen LogP contribution in [0.4, 0.5) is 4.39 Å². The predicted octanol–water partition coefficient (Wildman–Crippen LogP) is 1.42. The van der Waals surface area contributed by atoms with Gasteiger partial charge in [-0.2, -0.15) is 0 Å². The van der Waals surface area contributed by atoms with Gasteiger partial charge in [0.05, 0.1) is 13.7 Å². The Bertz CT molecular complexity index is 350. The Morgan fingerprint density at radius 2 is 2.27 bits per heavy atom. The van der Waals surface area contributed by atoms with Gasteiger partial charge in [-0.25, -0.2) is 4.39 Å². The Balaban J connectivity index is 2.66. The second kappa shape index (κ2) is 5.46. The number of rotatable bonds is 4. The third-order valence-corrected chi connectivity index (χ3v) is 2.13. The van der Waals surface area contributed by atoms with Gasteiger partial charge in [0.1, 0.15) is 5.82 Å². The molecule has 0 aliphatic rings. The maximum atomic E-state index is 13.3. The number of carbonyl (C=O) groups is 1. The summed E-state index contributed by atoms with van der Waals surface area (Å²) in [4.78, 5) is 10.8. The summed E-state index contributed by atoms with van der Waals surface area (Å²) in [7, 11) is 1.30. The third kappa shape index (κ3) is 3.32. The summed E-state index contributed by atoms with van der Waals surface area (Å²) in [6.45, 7) is -0.186. The molecular weight excluding hydrogens is 199 g/mol. The van der Waals surface area contributed by atoms with Crippen LogP contribution in [0.15, 0.2) is 18.2 Å². The van der Waals surface area contributed by atoms with Crippen molar-refractivity contribution in [3.63, 3.8) is 0 Å². The van der Waals surface area contributed by atoms with Crippen LogP contribution in [-0.2, 0) is 22.6 Å². The van der Waals surface area contributed by atoms with Crippen molar-refractivity contribution >= 4 is 5.97 Å². The van der Waals surface area contributed by atoms with Gasteiger partial charge >= 0.3 is 5.97 Å². The number of ether oxygens (including phenoxy) is 1. The molecule has 0 unspecified atom stereocenters. The molecule has 0 saturated heterocycles. The van der Waals surface area contributed by atoms with Crippen LogP contribution in [0.3, 0.4) is 0 Å². The number of hydrogen-bond donors (Lipinski definition) is 1. The lowest BCUT2D eigenvalue weighted by Gasteiger charge is -2.04. The van der Waals surface area contributed by atoms with Crippen molar-refractivity contribution in [3.8, 4) is 0 Å². The first kappa shape index (κ1) is 11.7. The molecule has 0 atom stereocenters. The Hall–Kier alpha value is -1.42. The summed E-state index contributed by atoms with van der Waals surface area (Å²) in [6.07, 6.45) is 0.468. The first-order chi connectivity index (χ1) is 7.17. The number of halogens is 1. The molecule has 0 aliphatic carbocycles. The van der Waals surface area contributed by atoms with Gasteiger partial charge in [0.25, 0.3) is 0 Å². The van der Waals surface area contributed by atoms with Crippen LogP contribution in [0.5, 0.6) is 0 Å². The van der Waals surface area contributed by atoms with E-state index in [2.05, 4.69) is 4.74 Å². The SMILES string of the molecule is COC(=O)CCc1ccc(CO)cc1F. The van der Waals surface area contributed by atoms with Crippen LogP contribution in [0.1, 0.15) is 17.5 Å². The zero-order valence-corrected chi connectivity index (χ0v) is 8.50. The van der Waals surface area contributed by atoms with Crippen molar-refractivity contribution in [2.75, 3.05) is 7.11 Å². The highest BCUT2D eigenvalue weighted by Crippen LogP contribution is 2.12. The molecule has 0 fully saturated rings. The van der Waals surface area contributed by atoms with Gasteiger partial charge in [-0.15, -0.1) is 0 Å². The number of hydrogen-bond acceptors (Lipinski definition) is 3. The van der Waals surface area contributed by atoms with Crippen LogP contribution in [0.2, 0.25) is 0 Å². The Morgan fingerprint density at radius 3 is 2.80 bits per heavy atom. The second-order valence-electron chi connectivity index (χ2n) is 3.16. The summed E-state index contributed by atoms with van der Waals surface area (Å²) in [5.41, 5.74) is 0.979. The van der Waals surface area contributed by atoms with E-state index in [9.17, 15) is 9.18 Å². The van der Waals surface area contributed by atoms with E-state index in [1.54, 1.807) is 12.1 Å². The molecule has 1 N–H and O–H groups in total. The standard InChI is InChI=1S/C11H13FO3/c1-15-11(14)5-4-9-3-2-8(7-13)6-10(9)12/h2-3,6,13H,4-5,7H2,1H3. The molecule has 0 bridgehead atoms. The van der Waals surface area contributed by atoms with Crippen LogP contribution >= 0.6 is 0 Å². The van der Waals surface area contributed by atoms with Gasteiger partial charge < -0.3 is 9.84 Å². The molecular formula is C11H13FO3. The fraction of sp³-hybridized carbons (Fsp3) is 0.364. The first-order valence-electron chi connectivity index (χ1n) is 4.62. The molecule has 82 valence electrons. The van der Waals surface area contributed by atoms with Crippen LogP contribution < -0.4 is 0 Å². The molecule has 1 aromatic carbocycles. The highest BCUT2D eigenvalue weighted by Gasteiger charge is 2.06. The lowest BCUT2D eigenvalue weighted by atomic mass is 10.1. The molecule has 0 aliphatic heterocycles. The normalized spacial score (nSPS) is 10.1. The van der Waals surface area contributed by atoms with Gasteiger partial charge in [0.15, 0.2) is 0 Å². The van der Waals surface area contributed by atoms with Crippen molar-refractivity contribution in [1.82, 2.24) is 0 Å². The average Bonchev–Trinajstić information content (AvgIpc) is 2.26. The molecule has 1 rings (SSSR count). The minimum absolute atomic E-state index is 0.159. The predicted molar refractivity (Wildman–Crippen MR) is 52.7 cm³/mol. The minimum atomic E-state index is -0.398. The van der Waals surface area contributed by atoms with E-state index in [0.717, 1.165) is 0 Å². The fourth-order valence-electron chi connectivity index (χ4n) is 1.23. The third-order valence-electron chi connectivity index (χ3n) is 2.13. The lowest BCUT2D eigenvalue weighted by Crippen LogP contribution is -2.03. The van der Waals surface area contributed by atoms with E-state index < -0.39 is 5.82 Å². The summed E-state index contributed by atoms with van der Waals surface area (Å²) < 4.78 is 17.8. The van der Waals surface area contributed by atoms with E-state index in [0.29, 0.717) is 17.5 Å².